The summed E-state index contributed by atoms with van der Waals surface area (Å²) in [5.74, 6) is -0.224. The van der Waals surface area contributed by atoms with Crippen LogP contribution < -0.4 is 5.32 Å². The van der Waals surface area contributed by atoms with Crippen molar-refractivity contribution in [3.8, 4) is 0 Å². The van der Waals surface area contributed by atoms with Gasteiger partial charge in [-0.25, -0.2) is 4.39 Å². The fraction of sp³-hybridized carbons (Fsp3) is 0.267. The summed E-state index contributed by atoms with van der Waals surface area (Å²) in [7, 11) is 0. The zero-order valence-electron chi connectivity index (χ0n) is 10.7. The summed E-state index contributed by atoms with van der Waals surface area (Å²) < 4.78 is 14.3. The Kier molecular flexibility index (Phi) is 5.05. The number of pyridine rings is 1. The smallest absolute Gasteiger partial charge is 0.124 e. The van der Waals surface area contributed by atoms with Crippen LogP contribution >= 0.6 is 15.9 Å². The van der Waals surface area contributed by atoms with Gasteiger partial charge in [0.1, 0.15) is 5.82 Å². The van der Waals surface area contributed by atoms with E-state index in [9.17, 15) is 4.39 Å². The van der Waals surface area contributed by atoms with Crippen LogP contribution in [0.2, 0.25) is 0 Å². The van der Waals surface area contributed by atoms with E-state index in [-0.39, 0.29) is 11.9 Å². The number of rotatable bonds is 5. The van der Waals surface area contributed by atoms with Crippen molar-refractivity contribution in [3.05, 3.63) is 64.1 Å². The van der Waals surface area contributed by atoms with Crippen LogP contribution in [0.15, 0.2) is 47.2 Å². The van der Waals surface area contributed by atoms with Crippen molar-refractivity contribution in [1.29, 1.82) is 0 Å². The number of hydrogen-bond donors (Lipinski definition) is 1. The third-order valence-electron chi connectivity index (χ3n) is 2.90. The first kappa shape index (κ1) is 14.2. The largest absolute Gasteiger partial charge is 0.310 e. The van der Waals surface area contributed by atoms with E-state index in [0.29, 0.717) is 0 Å². The summed E-state index contributed by atoms with van der Waals surface area (Å²) >= 11 is 3.34. The average Bonchev–Trinajstić information content (AvgIpc) is 2.38. The molecule has 2 nitrogen and oxygen atoms in total. The van der Waals surface area contributed by atoms with Gasteiger partial charge >= 0.3 is 0 Å². The molecule has 0 radical (unpaired) electrons. The maximum atomic E-state index is 13.5. The van der Waals surface area contributed by atoms with Crippen LogP contribution in [0, 0.1) is 5.82 Å². The highest BCUT2D eigenvalue weighted by molar-refractivity contribution is 9.10. The van der Waals surface area contributed by atoms with Gasteiger partial charge in [0.05, 0.1) is 0 Å². The van der Waals surface area contributed by atoms with Crippen molar-refractivity contribution >= 4 is 15.9 Å². The monoisotopic (exact) mass is 322 g/mol. The molecule has 1 aromatic carbocycles. The van der Waals surface area contributed by atoms with Crippen molar-refractivity contribution in [1.82, 2.24) is 10.3 Å². The van der Waals surface area contributed by atoms with Crippen LogP contribution in [0.3, 0.4) is 0 Å². The third kappa shape index (κ3) is 4.11. The van der Waals surface area contributed by atoms with Gasteiger partial charge in [0.25, 0.3) is 0 Å². The van der Waals surface area contributed by atoms with Gasteiger partial charge in [-0.3, -0.25) is 4.98 Å². The summed E-state index contributed by atoms with van der Waals surface area (Å²) in [5, 5.41) is 3.39. The van der Waals surface area contributed by atoms with Gasteiger partial charge in [-0.2, -0.15) is 0 Å². The van der Waals surface area contributed by atoms with Crippen molar-refractivity contribution in [2.45, 2.75) is 19.4 Å². The molecule has 0 aliphatic carbocycles. The minimum Gasteiger partial charge on any atom is -0.310 e. The quantitative estimate of drug-likeness (QED) is 0.903. The van der Waals surface area contributed by atoms with Gasteiger partial charge < -0.3 is 5.32 Å². The van der Waals surface area contributed by atoms with Crippen LogP contribution in [-0.4, -0.2) is 11.5 Å². The van der Waals surface area contributed by atoms with E-state index in [1.54, 1.807) is 12.3 Å². The van der Waals surface area contributed by atoms with Crippen molar-refractivity contribution in [3.63, 3.8) is 0 Å². The fourth-order valence-corrected chi connectivity index (χ4v) is 2.57. The van der Waals surface area contributed by atoms with Crippen LogP contribution in [0.4, 0.5) is 4.39 Å². The SMILES string of the molecule is CCNC(Cc1cccnc1)c1cc(F)cc(Br)c1. The first-order valence-electron chi connectivity index (χ1n) is 6.27. The first-order valence-corrected chi connectivity index (χ1v) is 7.06. The van der Waals surface area contributed by atoms with Crippen molar-refractivity contribution in [2.24, 2.45) is 0 Å². The summed E-state index contributed by atoms with van der Waals surface area (Å²) in [5.41, 5.74) is 2.08. The van der Waals surface area contributed by atoms with Crippen LogP contribution in [0.25, 0.3) is 0 Å². The van der Waals surface area contributed by atoms with Gasteiger partial charge in [0, 0.05) is 22.9 Å². The second-order valence-corrected chi connectivity index (χ2v) is 5.29. The molecule has 1 heterocycles. The Morgan fingerprint density at radius 1 is 1.37 bits per heavy atom. The van der Waals surface area contributed by atoms with E-state index < -0.39 is 0 Å². The maximum absolute atomic E-state index is 13.5. The standard InChI is InChI=1S/C15H16BrFN2/c1-2-19-15(6-11-4-3-5-18-10-11)12-7-13(16)9-14(17)8-12/h3-5,7-10,15,19H,2,6H2,1H3. The summed E-state index contributed by atoms with van der Waals surface area (Å²) in [6.45, 7) is 2.88. The molecule has 2 rings (SSSR count). The van der Waals surface area contributed by atoms with Gasteiger partial charge in [-0.05, 0) is 48.4 Å². The first-order chi connectivity index (χ1) is 9.19. The number of likely N-dealkylation sites (N-methyl/N-ethyl adjacent to an activating group) is 1. The molecule has 1 atom stereocenters. The molecule has 1 aromatic heterocycles. The Hall–Kier alpha value is -1.26. The Balaban J connectivity index is 2.24. The minimum atomic E-state index is -0.224. The molecular formula is C15H16BrFN2. The molecule has 4 heteroatoms. The van der Waals surface area contributed by atoms with E-state index in [2.05, 4.69) is 26.2 Å². The summed E-state index contributed by atoms with van der Waals surface area (Å²) in [4.78, 5) is 4.12. The highest BCUT2D eigenvalue weighted by atomic mass is 79.9. The fourth-order valence-electron chi connectivity index (χ4n) is 2.09. The molecule has 0 aliphatic heterocycles. The molecule has 1 unspecified atom stereocenters. The lowest BCUT2D eigenvalue weighted by atomic mass is 10.00. The molecule has 1 N–H and O–H groups in total. The minimum absolute atomic E-state index is 0.0844. The second kappa shape index (κ2) is 6.78. The predicted octanol–water partition coefficient (Wildman–Crippen LogP) is 3.88. The molecule has 0 amide bonds. The molecular weight excluding hydrogens is 307 g/mol. The third-order valence-corrected chi connectivity index (χ3v) is 3.36. The number of benzene rings is 1. The van der Waals surface area contributed by atoms with Gasteiger partial charge in [0.15, 0.2) is 0 Å². The molecule has 100 valence electrons. The number of halogens is 2. The van der Waals surface area contributed by atoms with E-state index in [4.69, 9.17) is 0 Å². The van der Waals surface area contributed by atoms with E-state index in [1.165, 1.54) is 6.07 Å². The summed E-state index contributed by atoms with van der Waals surface area (Å²) in [6.07, 6.45) is 4.39. The van der Waals surface area contributed by atoms with Crippen molar-refractivity contribution in [2.75, 3.05) is 6.54 Å². The Labute approximate surface area is 121 Å². The lowest BCUT2D eigenvalue weighted by Crippen LogP contribution is -2.23. The van der Waals surface area contributed by atoms with E-state index >= 15 is 0 Å². The number of aromatic nitrogens is 1. The van der Waals surface area contributed by atoms with Crippen LogP contribution in [-0.2, 0) is 6.42 Å². The van der Waals surface area contributed by atoms with Crippen LogP contribution in [0.1, 0.15) is 24.1 Å². The molecule has 2 aromatic rings. The highest BCUT2D eigenvalue weighted by Crippen LogP contribution is 2.23. The summed E-state index contributed by atoms with van der Waals surface area (Å²) in [6, 6.07) is 9.03. The molecule has 0 saturated heterocycles. The number of hydrogen-bond acceptors (Lipinski definition) is 2. The Morgan fingerprint density at radius 3 is 2.84 bits per heavy atom. The van der Waals surface area contributed by atoms with Crippen molar-refractivity contribution < 1.29 is 4.39 Å². The topological polar surface area (TPSA) is 24.9 Å². The lowest BCUT2D eigenvalue weighted by molar-refractivity contribution is 0.541. The second-order valence-electron chi connectivity index (χ2n) is 4.38. The van der Waals surface area contributed by atoms with Gasteiger partial charge in [0.2, 0.25) is 0 Å². The molecule has 0 bridgehead atoms. The van der Waals surface area contributed by atoms with E-state index in [1.807, 2.05) is 31.3 Å². The normalized spacial score (nSPS) is 12.4. The zero-order valence-corrected chi connectivity index (χ0v) is 12.3. The molecule has 0 spiro atoms. The number of nitrogens with one attached hydrogen (secondary N) is 1. The number of nitrogens with zero attached hydrogens (tertiary/aromatic N) is 1. The highest BCUT2D eigenvalue weighted by Gasteiger charge is 2.13. The lowest BCUT2D eigenvalue weighted by Gasteiger charge is -2.19. The Morgan fingerprint density at radius 2 is 2.21 bits per heavy atom. The average molecular weight is 323 g/mol. The molecule has 19 heavy (non-hydrogen) atoms. The predicted molar refractivity (Wildman–Crippen MR) is 78.5 cm³/mol. The van der Waals surface area contributed by atoms with E-state index in [0.717, 1.165) is 28.6 Å². The Bertz CT molecular complexity index is 511. The van der Waals surface area contributed by atoms with Gasteiger partial charge in [-0.15, -0.1) is 0 Å². The molecule has 0 fully saturated rings. The maximum Gasteiger partial charge on any atom is 0.124 e. The zero-order chi connectivity index (χ0) is 13.7. The molecule has 0 aliphatic rings. The van der Waals surface area contributed by atoms with Crippen LogP contribution in [0.5, 0.6) is 0 Å². The van der Waals surface area contributed by atoms with Gasteiger partial charge in [-0.1, -0.05) is 28.9 Å². The molecule has 0 saturated carbocycles.